The number of hydrogen-bond acceptors (Lipinski definition) is 6. The molecule has 0 amide bonds. The van der Waals surface area contributed by atoms with Gasteiger partial charge in [-0.2, -0.15) is 0 Å². The quantitative estimate of drug-likeness (QED) is 0.280. The fourth-order valence-corrected chi connectivity index (χ4v) is 3.73. The van der Waals surface area contributed by atoms with Crippen LogP contribution in [0.1, 0.15) is 65.7 Å². The van der Waals surface area contributed by atoms with Gasteiger partial charge in [0.05, 0.1) is 0 Å². The van der Waals surface area contributed by atoms with E-state index < -0.39 is 24.1 Å². The molecule has 2 rings (SSSR count). The van der Waals surface area contributed by atoms with Gasteiger partial charge in [0.15, 0.2) is 6.10 Å². The van der Waals surface area contributed by atoms with Crippen LogP contribution >= 0.6 is 0 Å². The van der Waals surface area contributed by atoms with Gasteiger partial charge in [-0.1, -0.05) is 37.3 Å². The third-order valence-corrected chi connectivity index (χ3v) is 5.26. The van der Waals surface area contributed by atoms with Crippen molar-refractivity contribution in [1.82, 2.24) is 0 Å². The number of hydrogen-bond donors (Lipinski definition) is 0. The summed E-state index contributed by atoms with van der Waals surface area (Å²) in [5.74, 6) is -0.352. The van der Waals surface area contributed by atoms with Crippen LogP contribution in [-0.4, -0.2) is 36.2 Å². The van der Waals surface area contributed by atoms with Crippen molar-refractivity contribution < 1.29 is 28.6 Å². The molecule has 0 spiro atoms. The van der Waals surface area contributed by atoms with Crippen molar-refractivity contribution >= 4 is 17.9 Å². The number of ether oxygens (including phenoxy) is 3. The number of carbonyl (C=O) groups excluding carboxylic acids is 3. The molecule has 0 aromatic heterocycles. The molecule has 1 aliphatic carbocycles. The Morgan fingerprint density at radius 3 is 2.53 bits per heavy atom. The Labute approximate surface area is 179 Å². The molecule has 2 fully saturated rings. The van der Waals surface area contributed by atoms with Crippen LogP contribution in [0.15, 0.2) is 36.5 Å². The van der Waals surface area contributed by atoms with Crippen LogP contribution in [-0.2, 0) is 28.6 Å². The van der Waals surface area contributed by atoms with Gasteiger partial charge in [0.2, 0.25) is 0 Å². The van der Waals surface area contributed by atoms with Crippen molar-refractivity contribution in [1.29, 1.82) is 0 Å². The number of rotatable bonds is 11. The number of carbonyl (C=O) groups is 3. The molecule has 0 aromatic carbocycles. The third-order valence-electron chi connectivity index (χ3n) is 5.26. The van der Waals surface area contributed by atoms with Gasteiger partial charge in [-0.3, -0.25) is 14.4 Å². The summed E-state index contributed by atoms with van der Waals surface area (Å²) in [5.41, 5.74) is 0. The Bertz CT molecular complexity index is 677. The van der Waals surface area contributed by atoms with Gasteiger partial charge >= 0.3 is 17.9 Å². The molecule has 6 heteroatoms. The largest absolute Gasteiger partial charge is 0.462 e. The first-order valence-corrected chi connectivity index (χ1v) is 10.9. The minimum absolute atomic E-state index is 0.0172. The molecule has 1 saturated carbocycles. The molecule has 1 saturated heterocycles. The van der Waals surface area contributed by atoms with E-state index in [1.165, 1.54) is 13.8 Å². The van der Waals surface area contributed by atoms with Crippen LogP contribution in [0.25, 0.3) is 0 Å². The smallest absolute Gasteiger partial charge is 0.306 e. The molecule has 0 radical (unpaired) electrons. The number of esters is 3. The normalized spacial score (nSPS) is 26.0. The highest BCUT2D eigenvalue weighted by atomic mass is 16.6. The summed E-state index contributed by atoms with van der Waals surface area (Å²) in [6, 6.07) is 0. The average Bonchev–Trinajstić information content (AvgIpc) is 3.46. The van der Waals surface area contributed by atoms with Gasteiger partial charge in [-0.05, 0) is 44.1 Å². The van der Waals surface area contributed by atoms with Crippen molar-refractivity contribution in [3.63, 3.8) is 0 Å². The summed E-state index contributed by atoms with van der Waals surface area (Å²) < 4.78 is 16.4. The van der Waals surface area contributed by atoms with Crippen LogP contribution in [0.3, 0.4) is 0 Å². The highest BCUT2D eigenvalue weighted by Crippen LogP contribution is 2.46. The molecular weight excluding hydrogens is 384 g/mol. The summed E-state index contributed by atoms with van der Waals surface area (Å²) in [4.78, 5) is 34.7. The highest BCUT2D eigenvalue weighted by Gasteiger charge is 2.44. The van der Waals surface area contributed by atoms with E-state index in [4.69, 9.17) is 14.2 Å². The van der Waals surface area contributed by atoms with Gasteiger partial charge in [0.25, 0.3) is 0 Å². The molecule has 5 atom stereocenters. The van der Waals surface area contributed by atoms with Crippen molar-refractivity contribution in [3.05, 3.63) is 36.5 Å². The number of allylic oxidation sites excluding steroid dienone is 4. The molecule has 6 nitrogen and oxygen atoms in total. The second-order valence-electron chi connectivity index (χ2n) is 7.91. The van der Waals surface area contributed by atoms with Crippen molar-refractivity contribution in [2.75, 3.05) is 0 Å². The van der Waals surface area contributed by atoms with Gasteiger partial charge < -0.3 is 14.2 Å². The van der Waals surface area contributed by atoms with E-state index in [2.05, 4.69) is 19.1 Å². The average molecular weight is 419 g/mol. The highest BCUT2D eigenvalue weighted by molar-refractivity contribution is 5.70. The fourth-order valence-electron chi connectivity index (χ4n) is 3.73. The molecule has 1 aliphatic heterocycles. The Morgan fingerprint density at radius 2 is 1.87 bits per heavy atom. The summed E-state index contributed by atoms with van der Waals surface area (Å²) in [6.07, 6.45) is 16.2. The van der Waals surface area contributed by atoms with Crippen LogP contribution < -0.4 is 0 Å². The Hall–Kier alpha value is -2.37. The maximum absolute atomic E-state index is 11.6. The van der Waals surface area contributed by atoms with Crippen LogP contribution in [0, 0.1) is 11.8 Å². The molecule has 0 aromatic rings. The van der Waals surface area contributed by atoms with E-state index in [0.717, 1.165) is 32.1 Å². The first-order chi connectivity index (χ1) is 14.4. The van der Waals surface area contributed by atoms with Crippen molar-refractivity contribution in [2.24, 2.45) is 11.8 Å². The minimum Gasteiger partial charge on any atom is -0.462 e. The molecule has 166 valence electrons. The van der Waals surface area contributed by atoms with Crippen LogP contribution in [0.4, 0.5) is 0 Å². The molecule has 2 aliphatic rings. The zero-order chi connectivity index (χ0) is 21.9. The Balaban J connectivity index is 1.98. The maximum Gasteiger partial charge on any atom is 0.306 e. The zero-order valence-corrected chi connectivity index (χ0v) is 18.3. The summed E-state index contributed by atoms with van der Waals surface area (Å²) in [7, 11) is 0. The number of cyclic esters (lactones) is 1. The lowest BCUT2D eigenvalue weighted by Gasteiger charge is -2.23. The minimum atomic E-state index is -0.655. The second-order valence-corrected chi connectivity index (χ2v) is 7.91. The predicted octanol–water partition coefficient (Wildman–Crippen LogP) is 4.44. The van der Waals surface area contributed by atoms with E-state index >= 15 is 0 Å². The van der Waals surface area contributed by atoms with E-state index in [0.29, 0.717) is 18.8 Å². The topological polar surface area (TPSA) is 78.9 Å². The van der Waals surface area contributed by atoms with E-state index in [1.807, 2.05) is 24.3 Å². The molecule has 0 N–H and O–H groups in total. The zero-order valence-electron chi connectivity index (χ0n) is 18.3. The molecule has 1 heterocycles. The van der Waals surface area contributed by atoms with E-state index in [1.54, 1.807) is 0 Å². The lowest BCUT2D eigenvalue weighted by molar-refractivity contribution is -0.161. The molecule has 30 heavy (non-hydrogen) atoms. The Morgan fingerprint density at radius 1 is 1.13 bits per heavy atom. The van der Waals surface area contributed by atoms with E-state index in [9.17, 15) is 14.4 Å². The second kappa shape index (κ2) is 12.4. The first-order valence-electron chi connectivity index (χ1n) is 10.9. The Kier molecular flexibility index (Phi) is 9.84. The molecular formula is C24H34O6. The lowest BCUT2D eigenvalue weighted by Crippen LogP contribution is -2.32. The van der Waals surface area contributed by atoms with Gasteiger partial charge in [-0.25, -0.2) is 0 Å². The molecule has 0 bridgehead atoms. The fraction of sp³-hybridized carbons (Fsp3) is 0.625. The maximum atomic E-state index is 11.6. The monoisotopic (exact) mass is 418 g/mol. The van der Waals surface area contributed by atoms with Gasteiger partial charge in [0, 0.05) is 32.6 Å². The lowest BCUT2D eigenvalue weighted by atomic mass is 10.0. The van der Waals surface area contributed by atoms with E-state index in [-0.39, 0.29) is 18.0 Å². The van der Waals surface area contributed by atoms with Crippen LogP contribution in [0.5, 0.6) is 0 Å². The van der Waals surface area contributed by atoms with Gasteiger partial charge in [-0.15, -0.1) is 0 Å². The summed E-state index contributed by atoms with van der Waals surface area (Å²) in [5, 5.41) is 0. The van der Waals surface area contributed by atoms with Crippen molar-refractivity contribution in [3.8, 4) is 0 Å². The first kappa shape index (κ1) is 23.9. The van der Waals surface area contributed by atoms with Crippen molar-refractivity contribution in [2.45, 2.75) is 84.0 Å². The predicted molar refractivity (Wildman–Crippen MR) is 113 cm³/mol. The summed E-state index contributed by atoms with van der Waals surface area (Å²) >= 11 is 0. The third kappa shape index (κ3) is 8.56. The molecule has 0 unspecified atom stereocenters. The van der Waals surface area contributed by atoms with Crippen LogP contribution in [0.2, 0.25) is 0 Å². The van der Waals surface area contributed by atoms with Gasteiger partial charge in [0.1, 0.15) is 12.2 Å². The summed E-state index contributed by atoms with van der Waals surface area (Å²) in [6.45, 7) is 4.78. The SMILES string of the molecule is CC/C=C\C/C=C\C[C@H](OC(C)=O)[C@H](/C=C/[C@H]1C[C@@H]1[C@H]1CCCC(=O)O1)OC(C)=O. The standard InChI is InChI=1S/C24H34O6/c1-4-5-6-7-8-9-11-22(28-17(2)25)23(29-18(3)26)15-14-19-16-20(19)21-12-10-13-24(27)30-21/h5-6,8-9,14-15,19-23H,4,7,10-13,16H2,1-3H3/b6-5-,9-8-,15-14+/t19-,20-,21+,22-,23-/m0/s1.